The predicted octanol–water partition coefficient (Wildman–Crippen LogP) is 1.84. The first kappa shape index (κ1) is 12.1. The van der Waals surface area contributed by atoms with Crippen LogP contribution >= 0.6 is 0 Å². The Morgan fingerprint density at radius 2 is 1.75 bits per heavy atom. The summed E-state index contributed by atoms with van der Waals surface area (Å²) in [4.78, 5) is 22.0. The highest BCUT2D eigenvalue weighted by Crippen LogP contribution is 2.16. The maximum Gasteiger partial charge on any atom is 0.339 e. The molecule has 0 radical (unpaired) electrons. The molecule has 0 atom stereocenters. The molecule has 0 aromatic heterocycles. The third-order valence-corrected chi connectivity index (χ3v) is 1.79. The molecule has 0 aliphatic heterocycles. The van der Waals surface area contributed by atoms with E-state index in [-0.39, 0.29) is 6.61 Å². The molecular formula is C10H8F2O4. The van der Waals surface area contributed by atoms with Crippen molar-refractivity contribution in [3.63, 3.8) is 0 Å². The molecule has 6 heteroatoms. The summed E-state index contributed by atoms with van der Waals surface area (Å²) < 4.78 is 30.1. The number of ether oxygens (including phenoxy) is 1. The lowest BCUT2D eigenvalue weighted by Crippen LogP contribution is -2.13. The minimum atomic E-state index is -1.53. The van der Waals surface area contributed by atoms with Crippen LogP contribution in [0.1, 0.15) is 27.6 Å². The maximum absolute atomic E-state index is 12.8. The van der Waals surface area contributed by atoms with Gasteiger partial charge in [-0.1, -0.05) is 0 Å². The van der Waals surface area contributed by atoms with Crippen LogP contribution in [0.4, 0.5) is 8.78 Å². The minimum Gasteiger partial charge on any atom is -0.478 e. The second kappa shape index (κ2) is 4.69. The summed E-state index contributed by atoms with van der Waals surface area (Å²) in [5.41, 5.74) is -1.13. The van der Waals surface area contributed by atoms with Crippen LogP contribution in [-0.2, 0) is 4.74 Å². The lowest BCUT2D eigenvalue weighted by molar-refractivity contribution is 0.0513. The molecule has 0 fully saturated rings. The third kappa shape index (κ3) is 2.33. The summed E-state index contributed by atoms with van der Waals surface area (Å²) in [7, 11) is 0. The standard InChI is InChI=1S/C10H8F2O4/c1-2-16-10(15)6-4-8(12)7(11)3-5(6)9(13)14/h3-4H,2H2,1H3,(H,13,14). The van der Waals surface area contributed by atoms with Gasteiger partial charge in [0.05, 0.1) is 17.7 Å². The second-order valence-electron chi connectivity index (χ2n) is 2.84. The van der Waals surface area contributed by atoms with Crippen LogP contribution in [0.5, 0.6) is 0 Å². The Morgan fingerprint density at radius 1 is 1.25 bits per heavy atom. The average molecular weight is 230 g/mol. The molecule has 0 saturated carbocycles. The van der Waals surface area contributed by atoms with Crippen LogP contribution < -0.4 is 0 Å². The molecule has 1 rings (SSSR count). The number of rotatable bonds is 3. The van der Waals surface area contributed by atoms with Crippen molar-refractivity contribution in [2.45, 2.75) is 6.92 Å². The summed E-state index contributed by atoms with van der Waals surface area (Å²) in [6.07, 6.45) is 0. The van der Waals surface area contributed by atoms with Crippen molar-refractivity contribution < 1.29 is 28.2 Å². The molecule has 0 aliphatic carbocycles. The van der Waals surface area contributed by atoms with Gasteiger partial charge in [-0.3, -0.25) is 0 Å². The van der Waals surface area contributed by atoms with Gasteiger partial charge in [0.1, 0.15) is 0 Å². The minimum absolute atomic E-state index is 0.0108. The van der Waals surface area contributed by atoms with E-state index >= 15 is 0 Å². The average Bonchev–Trinajstić information content (AvgIpc) is 2.21. The fraction of sp³-hybridized carbons (Fsp3) is 0.200. The molecule has 0 spiro atoms. The van der Waals surface area contributed by atoms with Gasteiger partial charge >= 0.3 is 11.9 Å². The number of carboxylic acids is 1. The Labute approximate surface area is 89.5 Å². The van der Waals surface area contributed by atoms with E-state index in [0.29, 0.717) is 12.1 Å². The smallest absolute Gasteiger partial charge is 0.339 e. The Kier molecular flexibility index (Phi) is 3.55. The quantitative estimate of drug-likeness (QED) is 0.804. The Morgan fingerprint density at radius 3 is 2.19 bits per heavy atom. The fourth-order valence-corrected chi connectivity index (χ4v) is 1.10. The molecule has 1 N–H and O–H groups in total. The first-order valence-corrected chi connectivity index (χ1v) is 4.36. The molecule has 86 valence electrons. The fourth-order valence-electron chi connectivity index (χ4n) is 1.10. The molecule has 0 bridgehead atoms. The Bertz CT molecular complexity index is 443. The van der Waals surface area contributed by atoms with Gasteiger partial charge in [-0.2, -0.15) is 0 Å². The van der Waals surface area contributed by atoms with Gasteiger partial charge in [-0.15, -0.1) is 0 Å². The lowest BCUT2D eigenvalue weighted by Gasteiger charge is -2.06. The highest BCUT2D eigenvalue weighted by atomic mass is 19.2. The molecule has 1 aromatic carbocycles. The van der Waals surface area contributed by atoms with Crippen LogP contribution in [0, 0.1) is 11.6 Å². The van der Waals surface area contributed by atoms with E-state index in [1.54, 1.807) is 0 Å². The number of hydrogen-bond acceptors (Lipinski definition) is 3. The highest BCUT2D eigenvalue weighted by molar-refractivity contribution is 6.02. The number of hydrogen-bond donors (Lipinski definition) is 1. The number of carboxylic acid groups (broad SMARTS) is 1. The second-order valence-corrected chi connectivity index (χ2v) is 2.84. The third-order valence-electron chi connectivity index (χ3n) is 1.79. The number of carbonyl (C=O) groups excluding carboxylic acids is 1. The zero-order valence-corrected chi connectivity index (χ0v) is 8.29. The monoisotopic (exact) mass is 230 g/mol. The summed E-state index contributed by atoms with van der Waals surface area (Å²) in [6.45, 7) is 1.52. The molecular weight excluding hydrogens is 222 g/mol. The van der Waals surface area contributed by atoms with Gasteiger partial charge in [0.2, 0.25) is 0 Å². The SMILES string of the molecule is CCOC(=O)c1cc(F)c(F)cc1C(=O)O. The van der Waals surface area contributed by atoms with Gasteiger partial charge in [0, 0.05) is 0 Å². The van der Waals surface area contributed by atoms with Gasteiger partial charge < -0.3 is 9.84 Å². The van der Waals surface area contributed by atoms with Crippen LogP contribution in [0.15, 0.2) is 12.1 Å². The first-order chi connectivity index (χ1) is 7.47. The van der Waals surface area contributed by atoms with Crippen molar-refractivity contribution in [1.82, 2.24) is 0 Å². The van der Waals surface area contributed by atoms with Gasteiger partial charge in [0.15, 0.2) is 11.6 Å². The van der Waals surface area contributed by atoms with Crippen molar-refractivity contribution >= 4 is 11.9 Å². The van der Waals surface area contributed by atoms with E-state index < -0.39 is 34.7 Å². The molecule has 0 amide bonds. The number of esters is 1. The highest BCUT2D eigenvalue weighted by Gasteiger charge is 2.21. The van der Waals surface area contributed by atoms with Crippen LogP contribution in [0.3, 0.4) is 0 Å². The lowest BCUT2D eigenvalue weighted by atomic mass is 10.1. The van der Waals surface area contributed by atoms with Gasteiger partial charge in [-0.25, -0.2) is 18.4 Å². The maximum atomic E-state index is 12.8. The van der Waals surface area contributed by atoms with Crippen LogP contribution in [-0.4, -0.2) is 23.7 Å². The molecule has 1 aromatic rings. The summed E-state index contributed by atoms with van der Waals surface area (Å²) in [6, 6.07) is 0.959. The van der Waals surface area contributed by atoms with Crippen LogP contribution in [0.25, 0.3) is 0 Å². The van der Waals surface area contributed by atoms with Crippen molar-refractivity contribution in [2.75, 3.05) is 6.61 Å². The van der Waals surface area contributed by atoms with E-state index in [1.165, 1.54) is 6.92 Å². The number of aromatic carboxylic acids is 1. The number of benzene rings is 1. The first-order valence-electron chi connectivity index (χ1n) is 4.36. The predicted molar refractivity (Wildman–Crippen MR) is 49.3 cm³/mol. The topological polar surface area (TPSA) is 63.6 Å². The van der Waals surface area contributed by atoms with Crippen molar-refractivity contribution in [2.24, 2.45) is 0 Å². The normalized spacial score (nSPS) is 9.94. The van der Waals surface area contributed by atoms with E-state index in [2.05, 4.69) is 4.74 Å². The molecule has 0 saturated heterocycles. The molecule has 16 heavy (non-hydrogen) atoms. The molecule has 0 unspecified atom stereocenters. The Hall–Kier alpha value is -1.98. The van der Waals surface area contributed by atoms with Crippen molar-refractivity contribution in [3.05, 3.63) is 34.9 Å². The summed E-state index contributed by atoms with van der Waals surface area (Å²) in [5, 5.41) is 8.70. The van der Waals surface area contributed by atoms with Crippen molar-refractivity contribution in [3.8, 4) is 0 Å². The molecule has 4 nitrogen and oxygen atoms in total. The number of carbonyl (C=O) groups is 2. The van der Waals surface area contributed by atoms with E-state index in [1.807, 2.05) is 0 Å². The summed E-state index contributed by atoms with van der Waals surface area (Å²) >= 11 is 0. The zero-order chi connectivity index (χ0) is 12.3. The van der Waals surface area contributed by atoms with E-state index in [0.717, 1.165) is 0 Å². The largest absolute Gasteiger partial charge is 0.478 e. The Balaban J connectivity index is 3.30. The van der Waals surface area contributed by atoms with Gasteiger partial charge in [-0.05, 0) is 19.1 Å². The molecule has 0 heterocycles. The van der Waals surface area contributed by atoms with E-state index in [9.17, 15) is 18.4 Å². The summed E-state index contributed by atoms with van der Waals surface area (Å²) in [5.74, 6) is -5.15. The number of halogens is 2. The van der Waals surface area contributed by atoms with Crippen molar-refractivity contribution in [1.29, 1.82) is 0 Å². The zero-order valence-electron chi connectivity index (χ0n) is 8.29. The molecule has 0 aliphatic rings. The van der Waals surface area contributed by atoms with E-state index in [4.69, 9.17) is 5.11 Å². The van der Waals surface area contributed by atoms with Gasteiger partial charge in [0.25, 0.3) is 0 Å². The van der Waals surface area contributed by atoms with Crippen LogP contribution in [0.2, 0.25) is 0 Å².